The first-order valence-corrected chi connectivity index (χ1v) is 34.8. The van der Waals surface area contributed by atoms with Gasteiger partial charge in [0.2, 0.25) is 5.95 Å². The Labute approximate surface area is 628 Å². The van der Waals surface area contributed by atoms with E-state index in [1.807, 2.05) is 134 Å². The topological polar surface area (TPSA) is 258 Å². The van der Waals surface area contributed by atoms with Crippen molar-refractivity contribution in [1.29, 1.82) is 0 Å². The van der Waals surface area contributed by atoms with Crippen LogP contribution in [0.5, 0.6) is 0 Å². The van der Waals surface area contributed by atoms with Crippen LogP contribution in [0.1, 0.15) is 57.9 Å². The Morgan fingerprint density at radius 1 is 0.377 bits per heavy atom. The molecule has 0 saturated carbocycles. The zero-order chi connectivity index (χ0) is 73.8. The van der Waals surface area contributed by atoms with E-state index in [-0.39, 0.29) is 23.3 Å². The molecule has 0 atom stereocenters. The molecule has 0 aliphatic rings. The summed E-state index contributed by atoms with van der Waals surface area (Å²) in [7, 11) is 0. The molecule has 0 bridgehead atoms. The molecule has 0 unspecified atom stereocenters. The first kappa shape index (κ1) is 71.8. The maximum absolute atomic E-state index is 13.7. The zero-order valence-electron chi connectivity index (χ0n) is 56.1. The lowest BCUT2D eigenvalue weighted by Crippen LogP contribution is -2.14. The van der Waals surface area contributed by atoms with Gasteiger partial charge in [0.1, 0.15) is 11.5 Å². The van der Waals surface area contributed by atoms with Gasteiger partial charge in [0.05, 0.1) is 134 Å². The van der Waals surface area contributed by atoms with Gasteiger partial charge in [0.25, 0.3) is 23.6 Å². The van der Waals surface area contributed by atoms with E-state index in [0.29, 0.717) is 104 Å². The number of nitrogens with zero attached hydrogens (tertiary/aromatic N) is 10. The Morgan fingerprint density at radius 3 is 1.11 bits per heavy atom. The molecule has 16 rings (SSSR count). The van der Waals surface area contributed by atoms with Crippen molar-refractivity contribution in [3.05, 3.63) is 320 Å². The highest BCUT2D eigenvalue weighted by Crippen LogP contribution is 2.35. The number of anilines is 4. The summed E-state index contributed by atoms with van der Waals surface area (Å²) in [5.41, 5.74) is 16.4. The van der Waals surface area contributed by atoms with Gasteiger partial charge in [-0.2, -0.15) is 4.39 Å². The van der Waals surface area contributed by atoms with Crippen LogP contribution in [-0.4, -0.2) is 73.5 Å². The third-order valence-corrected chi connectivity index (χ3v) is 18.4. The summed E-state index contributed by atoms with van der Waals surface area (Å²) < 4.78 is 18.9. The van der Waals surface area contributed by atoms with Gasteiger partial charge in [0.15, 0.2) is 0 Å². The fraction of sp³-hybridized carbons (Fsp3) is 0.0370. The van der Waals surface area contributed by atoms with Gasteiger partial charge in [-0.3, -0.25) is 39.1 Å². The Kier molecular flexibility index (Phi) is 22.2. The van der Waals surface area contributed by atoms with Crippen molar-refractivity contribution in [2.45, 2.75) is 20.8 Å². The molecule has 19 nitrogen and oxygen atoms in total. The minimum absolute atomic E-state index is 0.129. The fourth-order valence-corrected chi connectivity index (χ4v) is 12.5. The van der Waals surface area contributed by atoms with E-state index < -0.39 is 11.9 Å². The lowest BCUT2D eigenvalue weighted by atomic mass is 10.1. The van der Waals surface area contributed by atoms with Crippen molar-refractivity contribution in [2.24, 2.45) is 0 Å². The number of carbonyl (C=O) groups excluding carboxylic acids is 4. The van der Waals surface area contributed by atoms with Gasteiger partial charge in [-0.25, -0.2) is 29.9 Å². The number of halogens is 5. The third-order valence-electron chi connectivity index (χ3n) is 16.1. The predicted octanol–water partition coefficient (Wildman–Crippen LogP) is 20.3. The third kappa shape index (κ3) is 17.2. The Hall–Kier alpha value is -12.6. The molecule has 8 aromatic carbocycles. The molecule has 0 aliphatic carbocycles. The van der Waals surface area contributed by atoms with Gasteiger partial charge >= 0.3 is 0 Å². The molecule has 25 heteroatoms. The number of thiophene rings is 1. The number of furan rings is 1. The van der Waals surface area contributed by atoms with E-state index in [1.165, 1.54) is 35.9 Å². The monoisotopic (exact) mass is 1490 g/mol. The molecule has 520 valence electrons. The maximum atomic E-state index is 13.7. The number of pyridine rings is 2. The van der Waals surface area contributed by atoms with Crippen LogP contribution < -0.4 is 21.3 Å². The summed E-state index contributed by atoms with van der Waals surface area (Å²) in [6.07, 6.45) is 9.44. The minimum Gasteiger partial charge on any atom is -0.469 e. The van der Waals surface area contributed by atoms with Gasteiger partial charge in [-0.05, 0) is 189 Å². The number of aromatic nitrogens is 10. The number of aryl methyl sites for hydroxylation is 3. The highest BCUT2D eigenvalue weighted by molar-refractivity contribution is 7.12. The molecule has 0 saturated heterocycles. The summed E-state index contributed by atoms with van der Waals surface area (Å²) >= 11 is 26.8. The number of carbonyl (C=O) groups is 4. The maximum Gasteiger partial charge on any atom is 0.274 e. The summed E-state index contributed by atoms with van der Waals surface area (Å²) in [6.45, 7) is 5.51. The van der Waals surface area contributed by atoms with Crippen molar-refractivity contribution in [2.75, 3.05) is 21.3 Å². The zero-order valence-corrected chi connectivity index (χ0v) is 59.9. The van der Waals surface area contributed by atoms with Gasteiger partial charge in [0, 0.05) is 56.9 Å². The number of rotatable bonds is 12. The Morgan fingerprint density at radius 2 is 0.755 bits per heavy atom. The van der Waals surface area contributed by atoms with Crippen molar-refractivity contribution in [3.8, 4) is 45.0 Å². The van der Waals surface area contributed by atoms with E-state index in [9.17, 15) is 23.6 Å². The first-order chi connectivity index (χ1) is 51.4. The lowest BCUT2D eigenvalue weighted by molar-refractivity contribution is 0.101. The van der Waals surface area contributed by atoms with Crippen molar-refractivity contribution >= 4 is 148 Å². The van der Waals surface area contributed by atoms with E-state index in [4.69, 9.17) is 50.8 Å². The minimum atomic E-state index is -0.829. The predicted molar refractivity (Wildman–Crippen MR) is 417 cm³/mol. The molecule has 4 amide bonds. The van der Waals surface area contributed by atoms with Crippen LogP contribution in [0.3, 0.4) is 0 Å². The second-order valence-electron chi connectivity index (χ2n) is 23.4. The average Bonchev–Trinajstić information content (AvgIpc) is 0.837. The number of hydrogen-bond acceptors (Lipinski definition) is 16. The van der Waals surface area contributed by atoms with Crippen LogP contribution >= 0.6 is 57.7 Å². The molecule has 4 N–H and O–H groups in total. The van der Waals surface area contributed by atoms with Crippen LogP contribution in [0.2, 0.25) is 20.1 Å². The second-order valence-corrected chi connectivity index (χ2v) is 25.9. The van der Waals surface area contributed by atoms with Gasteiger partial charge in [-0.15, -0.1) is 11.3 Å². The van der Waals surface area contributed by atoms with Crippen LogP contribution in [0.25, 0.3) is 89.2 Å². The van der Waals surface area contributed by atoms with E-state index in [1.54, 1.807) is 117 Å². The smallest absolute Gasteiger partial charge is 0.274 e. The number of para-hydroxylation sites is 8. The highest BCUT2D eigenvalue weighted by Gasteiger charge is 2.19. The molecule has 8 heterocycles. The number of nitrogens with one attached hydrogen (secondary N) is 4. The van der Waals surface area contributed by atoms with Gasteiger partial charge < -0.3 is 25.7 Å². The molecular weight excluding hydrogens is 1440 g/mol. The molecule has 0 aliphatic heterocycles. The summed E-state index contributed by atoms with van der Waals surface area (Å²) in [5.74, 6) is -1.51. The van der Waals surface area contributed by atoms with Crippen LogP contribution in [0.15, 0.2) is 259 Å². The second kappa shape index (κ2) is 32.8. The molecular formula is C81H55Cl4FN14O5S. The van der Waals surface area contributed by atoms with Crippen molar-refractivity contribution < 1.29 is 28.0 Å². The molecule has 16 aromatic rings. The van der Waals surface area contributed by atoms with Crippen molar-refractivity contribution in [3.63, 3.8) is 0 Å². The highest BCUT2D eigenvalue weighted by atomic mass is 35.5. The number of amides is 4. The fourth-order valence-electron chi connectivity index (χ4n) is 10.8. The van der Waals surface area contributed by atoms with E-state index in [2.05, 4.69) is 71.1 Å². The van der Waals surface area contributed by atoms with E-state index >= 15 is 0 Å². The number of benzene rings is 8. The quantitative estimate of drug-likeness (QED) is 0.0829. The molecule has 8 aromatic heterocycles. The van der Waals surface area contributed by atoms with Crippen molar-refractivity contribution in [1.82, 2.24) is 49.8 Å². The lowest BCUT2D eigenvalue weighted by Gasteiger charge is -2.10. The van der Waals surface area contributed by atoms with Crippen LogP contribution in [0.4, 0.5) is 27.1 Å². The molecule has 0 spiro atoms. The normalized spacial score (nSPS) is 10.8. The Balaban J connectivity index is 0.000000125. The van der Waals surface area contributed by atoms with E-state index in [0.717, 1.165) is 61.0 Å². The van der Waals surface area contributed by atoms with Gasteiger partial charge in [-0.1, -0.05) is 101 Å². The molecule has 106 heavy (non-hydrogen) atoms. The first-order valence-electron chi connectivity index (χ1n) is 32.4. The standard InChI is InChI=1S/C21H15ClN4O.C20H12ClFN4O.C20H14ClN3O2.C20H14ClN3OS/c1-13-5-4-8-19(24-13)21(27)25-14-9-10-16(22)15(11-14)20-12-23-17-6-2-3-7-18(17)26-20;21-15-8-7-12(25-20(27)13-4-3-9-23-19(13)22)10-14(15)18-11-24-16-5-1-2-6-17(16)26-18;1-12-14(8-9-26-12)20(25)23-13-6-7-16(21)15(10-13)19-11-22-17-4-2-3-5-18(17)24-19;1-12-8-9-26-19(12)20(25)23-13-6-7-15(21)14(10-13)18-11-22-16-4-2-3-5-17(16)24-18/h2-12H,1H3,(H,25,27);1-11H,(H,25,27);2*2-11H,1H3,(H,23,25). The summed E-state index contributed by atoms with van der Waals surface area (Å²) in [4.78, 5) is 94.1. The summed E-state index contributed by atoms with van der Waals surface area (Å²) in [6, 6.07) is 63.0. The molecule has 0 fully saturated rings. The SMILES string of the molecule is Cc1cccc(C(=O)Nc2ccc(Cl)c(-c3cnc4ccccc4n3)c2)n1.Cc1ccsc1C(=O)Nc1ccc(Cl)c(-c2cnc3ccccc3n2)c1.Cc1occc1C(=O)Nc1ccc(Cl)c(-c2cnc3ccccc3n2)c1.O=C(Nc1ccc(Cl)c(-c2cnc3ccccc3n2)c1)c1cccnc1F. The summed E-state index contributed by atoms with van der Waals surface area (Å²) in [5, 5.41) is 15.3. The largest absolute Gasteiger partial charge is 0.469 e. The number of hydrogen-bond donors (Lipinski definition) is 4. The molecule has 0 radical (unpaired) electrons. The number of fused-ring (bicyclic) bond motifs is 4. The Bertz CT molecular complexity index is 5850. The average molecular weight is 1500 g/mol. The van der Waals surface area contributed by atoms with Crippen LogP contribution in [0, 0.1) is 26.7 Å². The van der Waals surface area contributed by atoms with Crippen LogP contribution in [-0.2, 0) is 0 Å².